The minimum Gasteiger partial charge on any atom is -0.494 e. The van der Waals surface area contributed by atoms with Gasteiger partial charge < -0.3 is 4.74 Å². The van der Waals surface area contributed by atoms with Crippen LogP contribution in [0, 0.1) is 0 Å². The predicted molar refractivity (Wildman–Crippen MR) is 90.9 cm³/mol. The number of amides is 1. The SMILES string of the molecule is CCOc1ccc(C(=O)NC(=S)NNc2ccccc2)cc1. The number of para-hydroxylation sites is 1. The molecule has 0 aliphatic rings. The molecule has 0 saturated heterocycles. The van der Waals surface area contributed by atoms with Crippen molar-refractivity contribution in [1.29, 1.82) is 0 Å². The van der Waals surface area contributed by atoms with Crippen LogP contribution in [0.1, 0.15) is 17.3 Å². The lowest BCUT2D eigenvalue weighted by Crippen LogP contribution is -2.41. The Hall–Kier alpha value is -2.60. The highest BCUT2D eigenvalue weighted by Gasteiger charge is 2.07. The highest BCUT2D eigenvalue weighted by Crippen LogP contribution is 2.11. The van der Waals surface area contributed by atoms with Crippen molar-refractivity contribution in [3.8, 4) is 5.75 Å². The van der Waals surface area contributed by atoms with Crippen LogP contribution < -0.4 is 20.9 Å². The molecule has 0 bridgehead atoms. The number of thiocarbonyl (C=S) groups is 1. The van der Waals surface area contributed by atoms with Gasteiger partial charge in [-0.15, -0.1) is 0 Å². The number of hydrazine groups is 1. The Kier molecular flexibility index (Phi) is 5.73. The minimum absolute atomic E-state index is 0.197. The highest BCUT2D eigenvalue weighted by molar-refractivity contribution is 7.80. The van der Waals surface area contributed by atoms with Gasteiger partial charge in [-0.2, -0.15) is 0 Å². The topological polar surface area (TPSA) is 62.4 Å². The van der Waals surface area contributed by atoms with E-state index in [2.05, 4.69) is 16.2 Å². The van der Waals surface area contributed by atoms with Gasteiger partial charge in [-0.05, 0) is 55.5 Å². The second-order valence-electron chi connectivity index (χ2n) is 4.36. The molecule has 0 aliphatic carbocycles. The first-order valence-corrected chi connectivity index (χ1v) is 7.25. The number of hydrogen-bond acceptors (Lipinski definition) is 4. The van der Waals surface area contributed by atoms with Crippen LogP contribution in [0.15, 0.2) is 54.6 Å². The largest absolute Gasteiger partial charge is 0.494 e. The number of rotatable bonds is 5. The van der Waals surface area contributed by atoms with Crippen LogP contribution in [-0.4, -0.2) is 17.6 Å². The fourth-order valence-corrected chi connectivity index (χ4v) is 1.87. The van der Waals surface area contributed by atoms with Crippen molar-refractivity contribution in [3.05, 3.63) is 60.2 Å². The zero-order valence-corrected chi connectivity index (χ0v) is 12.9. The fraction of sp³-hybridized carbons (Fsp3) is 0.125. The zero-order chi connectivity index (χ0) is 15.8. The molecule has 0 heterocycles. The van der Waals surface area contributed by atoms with Crippen LogP contribution >= 0.6 is 12.2 Å². The highest BCUT2D eigenvalue weighted by atomic mass is 32.1. The van der Waals surface area contributed by atoms with E-state index in [1.165, 1.54) is 0 Å². The monoisotopic (exact) mass is 315 g/mol. The number of ether oxygens (including phenoxy) is 1. The lowest BCUT2D eigenvalue weighted by molar-refractivity contribution is 0.0977. The number of nitrogens with one attached hydrogen (secondary N) is 3. The van der Waals surface area contributed by atoms with Crippen molar-refractivity contribution in [2.24, 2.45) is 0 Å². The average Bonchev–Trinajstić information content (AvgIpc) is 2.55. The number of carbonyl (C=O) groups is 1. The average molecular weight is 315 g/mol. The predicted octanol–water partition coefficient (Wildman–Crippen LogP) is 2.72. The van der Waals surface area contributed by atoms with Crippen molar-refractivity contribution < 1.29 is 9.53 Å². The molecule has 6 heteroatoms. The molecule has 0 fully saturated rings. The third kappa shape index (κ3) is 4.75. The van der Waals surface area contributed by atoms with E-state index in [0.717, 1.165) is 11.4 Å². The molecule has 0 atom stereocenters. The smallest absolute Gasteiger partial charge is 0.257 e. The molecule has 1 amide bonds. The summed E-state index contributed by atoms with van der Waals surface area (Å²) in [6.45, 7) is 2.50. The van der Waals surface area contributed by atoms with Gasteiger partial charge in [0.05, 0.1) is 12.3 Å². The van der Waals surface area contributed by atoms with Crippen molar-refractivity contribution >= 4 is 28.9 Å². The first kappa shape index (κ1) is 15.8. The van der Waals surface area contributed by atoms with Gasteiger partial charge in [-0.1, -0.05) is 18.2 Å². The van der Waals surface area contributed by atoms with E-state index in [1.54, 1.807) is 24.3 Å². The van der Waals surface area contributed by atoms with Crippen molar-refractivity contribution in [3.63, 3.8) is 0 Å². The molecule has 0 aromatic heterocycles. The number of carbonyl (C=O) groups excluding carboxylic acids is 1. The first-order chi connectivity index (χ1) is 10.7. The van der Waals surface area contributed by atoms with E-state index in [1.807, 2.05) is 37.3 Å². The second kappa shape index (κ2) is 7.99. The third-order valence-corrected chi connectivity index (χ3v) is 2.95. The summed E-state index contributed by atoms with van der Waals surface area (Å²) in [5.41, 5.74) is 7.01. The summed E-state index contributed by atoms with van der Waals surface area (Å²) in [6, 6.07) is 16.3. The van der Waals surface area contributed by atoms with Crippen molar-refractivity contribution in [2.45, 2.75) is 6.92 Å². The van der Waals surface area contributed by atoms with Crippen LogP contribution in [0.2, 0.25) is 0 Å². The molecular formula is C16H17N3O2S. The van der Waals surface area contributed by atoms with Crippen LogP contribution in [0.4, 0.5) is 5.69 Å². The number of anilines is 1. The Balaban J connectivity index is 1.84. The Morgan fingerprint density at radius 3 is 2.41 bits per heavy atom. The molecule has 22 heavy (non-hydrogen) atoms. The standard InChI is InChI=1S/C16H17N3O2S/c1-2-21-14-10-8-12(9-11-14)15(20)17-16(22)19-18-13-6-4-3-5-7-13/h3-11,18H,2H2,1H3,(H2,17,19,20,22). The summed E-state index contributed by atoms with van der Waals surface area (Å²) < 4.78 is 5.33. The maximum atomic E-state index is 12.0. The molecule has 5 nitrogen and oxygen atoms in total. The second-order valence-corrected chi connectivity index (χ2v) is 4.76. The quantitative estimate of drug-likeness (QED) is 0.585. The summed E-state index contributed by atoms with van der Waals surface area (Å²) in [5, 5.41) is 2.79. The molecule has 2 aromatic carbocycles. The van der Waals surface area contributed by atoms with Crippen molar-refractivity contribution in [1.82, 2.24) is 10.7 Å². The van der Waals surface area contributed by atoms with Gasteiger partial charge >= 0.3 is 0 Å². The third-order valence-electron chi connectivity index (χ3n) is 2.75. The van der Waals surface area contributed by atoms with Gasteiger partial charge in [-0.3, -0.25) is 21.0 Å². The summed E-state index contributed by atoms with van der Waals surface area (Å²) >= 11 is 5.07. The molecule has 0 aliphatic heterocycles. The molecular weight excluding hydrogens is 298 g/mol. The minimum atomic E-state index is -0.282. The maximum Gasteiger partial charge on any atom is 0.257 e. The van der Waals surface area contributed by atoms with Crippen molar-refractivity contribution in [2.75, 3.05) is 12.0 Å². The summed E-state index contributed by atoms with van der Waals surface area (Å²) in [4.78, 5) is 12.0. The normalized spacial score (nSPS) is 9.68. The van der Waals surface area contributed by atoms with Crippen LogP contribution in [0.3, 0.4) is 0 Å². The Labute approximate surface area is 134 Å². The number of benzene rings is 2. The summed E-state index contributed by atoms with van der Waals surface area (Å²) in [5.74, 6) is 0.445. The van der Waals surface area contributed by atoms with E-state index >= 15 is 0 Å². The van der Waals surface area contributed by atoms with Gasteiger partial charge in [0.2, 0.25) is 0 Å². The Morgan fingerprint density at radius 2 is 1.77 bits per heavy atom. The van der Waals surface area contributed by atoms with E-state index in [-0.39, 0.29) is 11.0 Å². The molecule has 0 radical (unpaired) electrons. The molecule has 114 valence electrons. The van der Waals surface area contributed by atoms with Crippen LogP contribution in [0.5, 0.6) is 5.75 Å². The van der Waals surface area contributed by atoms with Gasteiger partial charge in [0, 0.05) is 5.56 Å². The zero-order valence-electron chi connectivity index (χ0n) is 12.1. The lowest BCUT2D eigenvalue weighted by atomic mass is 10.2. The number of hydrogen-bond donors (Lipinski definition) is 3. The van der Waals surface area contributed by atoms with E-state index in [0.29, 0.717) is 12.2 Å². The fourth-order valence-electron chi connectivity index (χ4n) is 1.73. The molecule has 2 rings (SSSR count). The van der Waals surface area contributed by atoms with Gasteiger partial charge in [0.1, 0.15) is 5.75 Å². The van der Waals surface area contributed by atoms with Gasteiger partial charge in [0.15, 0.2) is 5.11 Å². The maximum absolute atomic E-state index is 12.0. The van der Waals surface area contributed by atoms with Crippen LogP contribution in [0.25, 0.3) is 0 Å². The molecule has 3 N–H and O–H groups in total. The van der Waals surface area contributed by atoms with E-state index < -0.39 is 0 Å². The Morgan fingerprint density at radius 1 is 1.09 bits per heavy atom. The van der Waals surface area contributed by atoms with E-state index in [4.69, 9.17) is 17.0 Å². The van der Waals surface area contributed by atoms with Gasteiger partial charge in [0.25, 0.3) is 5.91 Å². The van der Waals surface area contributed by atoms with E-state index in [9.17, 15) is 4.79 Å². The molecule has 2 aromatic rings. The molecule has 0 spiro atoms. The summed E-state index contributed by atoms with van der Waals surface area (Å²) in [7, 11) is 0. The first-order valence-electron chi connectivity index (χ1n) is 6.84. The Bertz CT molecular complexity index is 630. The lowest BCUT2D eigenvalue weighted by Gasteiger charge is -2.11. The molecule has 0 unspecified atom stereocenters. The molecule has 0 saturated carbocycles. The van der Waals surface area contributed by atoms with Gasteiger partial charge in [-0.25, -0.2) is 0 Å². The summed E-state index contributed by atoms with van der Waals surface area (Å²) in [6.07, 6.45) is 0. The van der Waals surface area contributed by atoms with Crippen LogP contribution in [-0.2, 0) is 0 Å².